The third kappa shape index (κ3) is 41.5. The minimum Gasteiger partial charge on any atom is -0.457 e. The Balaban J connectivity index is 3.36. The lowest BCUT2D eigenvalue weighted by atomic mass is 10.0. The van der Waals surface area contributed by atoms with E-state index >= 15 is 0 Å². The normalized spacial score (nSPS) is 12.3. The lowest BCUT2D eigenvalue weighted by Gasteiger charge is -2.15. The van der Waals surface area contributed by atoms with Crippen LogP contribution < -0.4 is 0 Å². The van der Waals surface area contributed by atoms with Crippen LogP contribution in [0.2, 0.25) is 0 Å². The van der Waals surface area contributed by atoms with Gasteiger partial charge in [0.2, 0.25) is 0 Å². The second kappa shape index (κ2) is 44.3. The Morgan fingerprint density at radius 3 is 1.14 bits per heavy atom. The van der Waals surface area contributed by atoms with Crippen molar-refractivity contribution in [2.24, 2.45) is 0 Å². The van der Waals surface area contributed by atoms with Gasteiger partial charge in [-0.2, -0.15) is 0 Å². The Morgan fingerprint density at radius 2 is 0.780 bits per heavy atom. The first-order valence-electron chi connectivity index (χ1n) is 22.8. The van der Waals surface area contributed by atoms with Crippen molar-refractivity contribution in [1.29, 1.82) is 0 Å². The molecule has 0 rings (SSSR count). The monoisotopic (exact) mass is 707 g/mol. The molecule has 0 radical (unpaired) electrons. The van der Waals surface area contributed by atoms with E-state index < -0.39 is 6.10 Å². The van der Waals surface area contributed by atoms with Crippen LogP contribution in [-0.2, 0) is 14.3 Å². The molecule has 0 heterocycles. The van der Waals surface area contributed by atoms with Crippen molar-refractivity contribution in [2.45, 2.75) is 258 Å². The molecule has 0 aliphatic rings. The van der Waals surface area contributed by atoms with Crippen molar-refractivity contribution in [3.8, 4) is 0 Å². The summed E-state index contributed by atoms with van der Waals surface area (Å²) >= 11 is 0. The van der Waals surface area contributed by atoms with Gasteiger partial charge in [-0.3, -0.25) is 4.79 Å². The fourth-order valence-electron chi connectivity index (χ4n) is 6.91. The predicted molar refractivity (Wildman–Crippen MR) is 219 cm³/mol. The summed E-state index contributed by atoms with van der Waals surface area (Å²) in [7, 11) is 0. The third-order valence-corrected chi connectivity index (χ3v) is 10.3. The van der Waals surface area contributed by atoms with Crippen LogP contribution in [0.15, 0.2) is 12.2 Å². The molecular weight excluding hydrogens is 617 g/mol. The number of esters is 1. The standard InChI is InChI=1S/C46H90O4/c1-3-5-7-9-11-13-15-17-19-21-22-23-24-25-26-28-30-32-34-36-38-40-42-49-44-45(43-47)50-46(48)41-39-37-35-33-31-29-27-20-18-16-14-12-10-8-6-4-2/h20,27,45,47H,3-19,21-26,28-44H2,1-2H3/b27-20-. The molecule has 0 amide bonds. The van der Waals surface area contributed by atoms with Gasteiger partial charge in [0.15, 0.2) is 0 Å². The van der Waals surface area contributed by atoms with E-state index in [1.54, 1.807) is 0 Å². The van der Waals surface area contributed by atoms with Gasteiger partial charge in [0, 0.05) is 13.0 Å². The minimum atomic E-state index is -0.532. The first-order chi connectivity index (χ1) is 24.7. The van der Waals surface area contributed by atoms with Crippen LogP contribution in [-0.4, -0.2) is 37.0 Å². The summed E-state index contributed by atoms with van der Waals surface area (Å²) < 4.78 is 11.2. The topological polar surface area (TPSA) is 55.8 Å². The maximum Gasteiger partial charge on any atom is 0.306 e. The van der Waals surface area contributed by atoms with Crippen LogP contribution in [0.5, 0.6) is 0 Å². The number of aliphatic hydroxyl groups excluding tert-OH is 1. The average molecular weight is 707 g/mol. The summed E-state index contributed by atoms with van der Waals surface area (Å²) in [6.07, 6.45) is 52.8. The summed E-state index contributed by atoms with van der Waals surface area (Å²) in [6.45, 7) is 5.38. The van der Waals surface area contributed by atoms with E-state index in [0.29, 0.717) is 19.6 Å². The maximum atomic E-state index is 12.2. The molecule has 0 saturated carbocycles. The van der Waals surface area contributed by atoms with E-state index in [-0.39, 0.29) is 12.6 Å². The van der Waals surface area contributed by atoms with Crippen molar-refractivity contribution in [2.75, 3.05) is 19.8 Å². The molecule has 0 aromatic rings. The Bertz CT molecular complexity index is 663. The predicted octanol–water partition coefficient (Wildman–Crippen LogP) is 14.9. The molecule has 0 saturated heterocycles. The Kier molecular flexibility index (Phi) is 43.5. The van der Waals surface area contributed by atoms with Crippen molar-refractivity contribution in [1.82, 2.24) is 0 Å². The molecule has 0 aliphatic carbocycles. The van der Waals surface area contributed by atoms with Gasteiger partial charge >= 0.3 is 5.97 Å². The Labute approximate surface area is 314 Å². The second-order valence-corrected chi connectivity index (χ2v) is 15.5. The van der Waals surface area contributed by atoms with Crippen molar-refractivity contribution in [3.05, 3.63) is 12.2 Å². The highest BCUT2D eigenvalue weighted by molar-refractivity contribution is 5.69. The van der Waals surface area contributed by atoms with Crippen LogP contribution in [0.4, 0.5) is 0 Å². The zero-order chi connectivity index (χ0) is 36.3. The molecule has 4 heteroatoms. The number of unbranched alkanes of at least 4 members (excludes halogenated alkanes) is 33. The van der Waals surface area contributed by atoms with E-state index in [4.69, 9.17) is 9.47 Å². The summed E-state index contributed by atoms with van der Waals surface area (Å²) in [5.74, 6) is -0.203. The van der Waals surface area contributed by atoms with Gasteiger partial charge in [-0.05, 0) is 38.5 Å². The number of carbonyl (C=O) groups excluding carboxylic acids is 1. The Hall–Kier alpha value is -0.870. The molecule has 298 valence electrons. The highest BCUT2D eigenvalue weighted by atomic mass is 16.6. The molecule has 0 fully saturated rings. The minimum absolute atomic E-state index is 0.169. The van der Waals surface area contributed by atoms with E-state index in [1.165, 1.54) is 212 Å². The van der Waals surface area contributed by atoms with Gasteiger partial charge in [-0.1, -0.05) is 219 Å². The molecule has 50 heavy (non-hydrogen) atoms. The van der Waals surface area contributed by atoms with E-state index in [9.17, 15) is 9.90 Å². The third-order valence-electron chi connectivity index (χ3n) is 10.3. The number of hydrogen-bond acceptors (Lipinski definition) is 4. The zero-order valence-corrected chi connectivity index (χ0v) is 34.2. The number of rotatable bonds is 43. The van der Waals surface area contributed by atoms with Gasteiger partial charge in [0.25, 0.3) is 0 Å². The number of carbonyl (C=O) groups is 1. The fourth-order valence-corrected chi connectivity index (χ4v) is 6.91. The zero-order valence-electron chi connectivity index (χ0n) is 34.2. The molecule has 0 aromatic carbocycles. The number of ether oxygens (including phenoxy) is 2. The van der Waals surface area contributed by atoms with Crippen LogP contribution in [0.25, 0.3) is 0 Å². The van der Waals surface area contributed by atoms with Crippen molar-refractivity contribution in [3.63, 3.8) is 0 Å². The van der Waals surface area contributed by atoms with Crippen LogP contribution >= 0.6 is 0 Å². The first-order valence-corrected chi connectivity index (χ1v) is 22.8. The summed E-state index contributed by atoms with van der Waals surface area (Å²) in [5, 5.41) is 9.61. The van der Waals surface area contributed by atoms with Crippen LogP contribution in [0.1, 0.15) is 251 Å². The molecule has 1 unspecified atom stereocenters. The van der Waals surface area contributed by atoms with Gasteiger partial charge in [-0.15, -0.1) is 0 Å². The van der Waals surface area contributed by atoms with Crippen LogP contribution in [0.3, 0.4) is 0 Å². The molecule has 1 N–H and O–H groups in total. The first kappa shape index (κ1) is 49.1. The van der Waals surface area contributed by atoms with Gasteiger partial charge in [0.1, 0.15) is 6.10 Å². The second-order valence-electron chi connectivity index (χ2n) is 15.5. The van der Waals surface area contributed by atoms with Gasteiger partial charge in [-0.25, -0.2) is 0 Å². The molecule has 4 nitrogen and oxygen atoms in total. The SMILES string of the molecule is CCCCCCCCC/C=C\CCCCCCCC(=O)OC(CO)COCCCCCCCCCCCCCCCCCCCCCCCC. The lowest BCUT2D eigenvalue weighted by Crippen LogP contribution is -2.27. The maximum absolute atomic E-state index is 12.2. The summed E-state index contributed by atoms with van der Waals surface area (Å²) in [6, 6.07) is 0. The summed E-state index contributed by atoms with van der Waals surface area (Å²) in [4.78, 5) is 12.2. The van der Waals surface area contributed by atoms with E-state index in [2.05, 4.69) is 26.0 Å². The quantitative estimate of drug-likeness (QED) is 0.0390. The molecule has 0 aliphatic heterocycles. The molecular formula is C46H90O4. The number of hydrogen-bond donors (Lipinski definition) is 1. The number of aliphatic hydroxyl groups is 1. The lowest BCUT2D eigenvalue weighted by molar-refractivity contribution is -0.154. The van der Waals surface area contributed by atoms with E-state index in [1.807, 2.05) is 0 Å². The fraction of sp³-hybridized carbons (Fsp3) is 0.935. The van der Waals surface area contributed by atoms with Gasteiger partial charge in [0.05, 0.1) is 13.2 Å². The van der Waals surface area contributed by atoms with Crippen molar-refractivity contribution < 1.29 is 19.4 Å². The molecule has 0 aromatic heterocycles. The average Bonchev–Trinajstić information content (AvgIpc) is 3.12. The largest absolute Gasteiger partial charge is 0.457 e. The van der Waals surface area contributed by atoms with Crippen molar-refractivity contribution >= 4 is 5.97 Å². The molecule has 0 bridgehead atoms. The molecule has 0 spiro atoms. The highest BCUT2D eigenvalue weighted by Gasteiger charge is 2.13. The highest BCUT2D eigenvalue weighted by Crippen LogP contribution is 2.16. The van der Waals surface area contributed by atoms with Gasteiger partial charge < -0.3 is 14.6 Å². The number of allylic oxidation sites excluding steroid dienone is 2. The van der Waals surface area contributed by atoms with E-state index in [0.717, 1.165) is 19.3 Å². The summed E-state index contributed by atoms with van der Waals surface area (Å²) in [5.41, 5.74) is 0. The molecule has 1 atom stereocenters. The smallest absolute Gasteiger partial charge is 0.306 e. The van der Waals surface area contributed by atoms with Crippen LogP contribution in [0, 0.1) is 0 Å². The Morgan fingerprint density at radius 1 is 0.460 bits per heavy atom.